The Bertz CT molecular complexity index is 620. The molecule has 3 N–H and O–H groups in total. The number of thiophene rings is 1. The quantitative estimate of drug-likeness (QED) is 0.747. The first kappa shape index (κ1) is 13.3. The third kappa shape index (κ3) is 3.44. The van der Waals surface area contributed by atoms with Gasteiger partial charge in [0.15, 0.2) is 0 Å². The maximum atomic E-state index is 12.0. The highest BCUT2D eigenvalue weighted by Crippen LogP contribution is 2.21. The van der Waals surface area contributed by atoms with Gasteiger partial charge in [-0.2, -0.15) is 0 Å². The van der Waals surface area contributed by atoms with E-state index in [2.05, 4.69) is 27.1 Å². The second kappa shape index (κ2) is 6.18. The Balaban J connectivity index is 2.11. The van der Waals surface area contributed by atoms with Crippen LogP contribution < -0.4 is 5.32 Å². The van der Waals surface area contributed by atoms with Gasteiger partial charge in [-0.3, -0.25) is 10.1 Å². The van der Waals surface area contributed by atoms with Gasteiger partial charge in [-0.15, -0.1) is 11.3 Å². The maximum absolute atomic E-state index is 12.0. The summed E-state index contributed by atoms with van der Waals surface area (Å²) < 4.78 is 0. The molecule has 0 fully saturated rings. The van der Waals surface area contributed by atoms with Gasteiger partial charge < -0.3 is 10.1 Å². The molecule has 0 aliphatic carbocycles. The number of carbonyl (C=O) groups excluding carboxylic acids is 1. The van der Waals surface area contributed by atoms with E-state index >= 15 is 0 Å². The highest BCUT2D eigenvalue weighted by atomic mass is 32.1. The summed E-state index contributed by atoms with van der Waals surface area (Å²) in [6.07, 6.45) is 3.65. The molecule has 0 saturated carbocycles. The summed E-state index contributed by atoms with van der Waals surface area (Å²) in [5.74, 6) is 6.01. The lowest BCUT2D eigenvalue weighted by Gasteiger charge is -1.97. The van der Waals surface area contributed by atoms with Gasteiger partial charge in [0.05, 0.1) is 16.4 Å². The molecule has 0 aromatic carbocycles. The van der Waals surface area contributed by atoms with Crippen LogP contribution >= 0.6 is 11.3 Å². The van der Waals surface area contributed by atoms with Crippen molar-refractivity contribution < 1.29 is 9.90 Å². The molecule has 0 aliphatic heterocycles. The van der Waals surface area contributed by atoms with Gasteiger partial charge in [0.25, 0.3) is 5.91 Å². The smallest absolute Gasteiger partial charge is 0.268 e. The first-order valence-corrected chi connectivity index (χ1v) is 6.53. The third-order valence-electron chi connectivity index (χ3n) is 2.31. The van der Waals surface area contributed by atoms with E-state index in [0.717, 1.165) is 10.4 Å². The van der Waals surface area contributed by atoms with Crippen LogP contribution in [0, 0.1) is 18.8 Å². The van der Waals surface area contributed by atoms with Crippen molar-refractivity contribution >= 4 is 23.2 Å². The van der Waals surface area contributed by atoms with Gasteiger partial charge in [0.1, 0.15) is 0 Å². The van der Waals surface area contributed by atoms with E-state index in [1.54, 1.807) is 18.5 Å². The molecule has 2 heterocycles. The van der Waals surface area contributed by atoms with Crippen LogP contribution in [0.2, 0.25) is 0 Å². The summed E-state index contributed by atoms with van der Waals surface area (Å²) in [5.41, 5.74) is 0.958. The lowest BCUT2D eigenvalue weighted by molar-refractivity contribution is 0.102. The van der Waals surface area contributed by atoms with E-state index in [-0.39, 0.29) is 12.5 Å². The molecule has 0 saturated heterocycles. The summed E-state index contributed by atoms with van der Waals surface area (Å²) in [7, 11) is 0. The Morgan fingerprint density at radius 2 is 2.47 bits per heavy atom. The van der Waals surface area contributed by atoms with Crippen molar-refractivity contribution in [1.29, 1.82) is 0 Å². The first-order valence-electron chi connectivity index (χ1n) is 5.71. The average molecular weight is 275 g/mol. The standard InChI is InChI=1S/C13H13N3O2S/c1-9-8-11(19-10(9)4-2-3-7-17)12(18)16-13-14-5-6-15-13/h5-6,8,17H,3,7H2,1H3,(H2,14,15,16,18). The van der Waals surface area contributed by atoms with E-state index in [1.807, 2.05) is 6.92 Å². The van der Waals surface area contributed by atoms with Gasteiger partial charge in [0, 0.05) is 18.8 Å². The molecule has 0 radical (unpaired) electrons. The maximum Gasteiger partial charge on any atom is 0.268 e. The Morgan fingerprint density at radius 3 is 3.16 bits per heavy atom. The molecule has 2 rings (SSSR count). The van der Waals surface area contributed by atoms with Crippen molar-refractivity contribution in [3.8, 4) is 11.8 Å². The summed E-state index contributed by atoms with van der Waals surface area (Å²) in [6.45, 7) is 1.95. The van der Waals surface area contributed by atoms with Crippen LogP contribution in [0.15, 0.2) is 18.5 Å². The Kier molecular flexibility index (Phi) is 4.34. The van der Waals surface area contributed by atoms with Crippen LogP contribution in [0.25, 0.3) is 0 Å². The zero-order chi connectivity index (χ0) is 13.7. The van der Waals surface area contributed by atoms with Crippen molar-refractivity contribution in [2.24, 2.45) is 0 Å². The number of aryl methyl sites for hydroxylation is 1. The molecule has 2 aromatic rings. The number of rotatable bonds is 3. The van der Waals surface area contributed by atoms with Crippen LogP contribution in [0.3, 0.4) is 0 Å². The van der Waals surface area contributed by atoms with Crippen molar-refractivity contribution in [3.63, 3.8) is 0 Å². The molecule has 0 spiro atoms. The molecule has 5 nitrogen and oxygen atoms in total. The number of imidazole rings is 1. The number of aromatic nitrogens is 2. The molecule has 1 amide bonds. The minimum absolute atomic E-state index is 0.0449. The number of aromatic amines is 1. The first-order chi connectivity index (χ1) is 9.20. The molecule has 6 heteroatoms. The molecule has 19 heavy (non-hydrogen) atoms. The lowest BCUT2D eigenvalue weighted by Crippen LogP contribution is -2.11. The second-order valence-corrected chi connectivity index (χ2v) is 4.84. The van der Waals surface area contributed by atoms with Crippen molar-refractivity contribution in [3.05, 3.63) is 33.8 Å². The van der Waals surface area contributed by atoms with Gasteiger partial charge in [-0.1, -0.05) is 11.8 Å². The minimum atomic E-state index is -0.210. The molecule has 2 aromatic heterocycles. The Morgan fingerprint density at radius 1 is 1.63 bits per heavy atom. The highest BCUT2D eigenvalue weighted by Gasteiger charge is 2.12. The summed E-state index contributed by atoms with van der Waals surface area (Å²) in [4.78, 5) is 20.1. The van der Waals surface area contributed by atoms with E-state index in [0.29, 0.717) is 17.2 Å². The number of anilines is 1. The van der Waals surface area contributed by atoms with Crippen LogP contribution in [-0.2, 0) is 0 Å². The number of hydrogen-bond donors (Lipinski definition) is 3. The fourth-order valence-electron chi connectivity index (χ4n) is 1.42. The fourth-order valence-corrected chi connectivity index (χ4v) is 2.36. The average Bonchev–Trinajstić information content (AvgIpc) is 3.00. The van der Waals surface area contributed by atoms with Crippen molar-refractivity contribution in [1.82, 2.24) is 9.97 Å². The highest BCUT2D eigenvalue weighted by molar-refractivity contribution is 7.14. The van der Waals surface area contributed by atoms with E-state index in [9.17, 15) is 4.79 Å². The Hall–Kier alpha value is -2.10. The van der Waals surface area contributed by atoms with E-state index in [1.165, 1.54) is 11.3 Å². The minimum Gasteiger partial charge on any atom is -0.395 e. The van der Waals surface area contributed by atoms with Crippen LogP contribution in [0.4, 0.5) is 5.95 Å². The van der Waals surface area contributed by atoms with E-state index < -0.39 is 0 Å². The summed E-state index contributed by atoms with van der Waals surface area (Å²) in [5, 5.41) is 11.3. The number of aliphatic hydroxyl groups is 1. The SMILES string of the molecule is Cc1cc(C(=O)Nc2ncc[nH]2)sc1C#CCCO. The zero-order valence-corrected chi connectivity index (χ0v) is 11.2. The van der Waals surface area contributed by atoms with Crippen molar-refractivity contribution in [2.45, 2.75) is 13.3 Å². The predicted octanol–water partition coefficient (Wildman–Crippen LogP) is 1.77. The third-order valence-corrected chi connectivity index (χ3v) is 3.46. The molecule has 98 valence electrons. The Labute approximate surface area is 114 Å². The van der Waals surface area contributed by atoms with Gasteiger partial charge in [0.2, 0.25) is 5.95 Å². The largest absolute Gasteiger partial charge is 0.395 e. The summed E-state index contributed by atoms with van der Waals surface area (Å²) >= 11 is 1.33. The molecule has 0 bridgehead atoms. The zero-order valence-electron chi connectivity index (χ0n) is 10.4. The number of amides is 1. The second-order valence-electron chi connectivity index (χ2n) is 3.79. The van der Waals surface area contributed by atoms with Gasteiger partial charge in [-0.25, -0.2) is 4.98 Å². The number of aliphatic hydroxyl groups excluding tert-OH is 1. The predicted molar refractivity (Wildman–Crippen MR) is 74.2 cm³/mol. The van der Waals surface area contributed by atoms with Crippen LogP contribution in [0.1, 0.15) is 26.5 Å². The number of H-pyrrole nitrogens is 1. The monoisotopic (exact) mass is 275 g/mol. The van der Waals surface area contributed by atoms with Crippen LogP contribution in [-0.4, -0.2) is 27.6 Å². The molecule has 0 atom stereocenters. The lowest BCUT2D eigenvalue weighted by atomic mass is 10.2. The van der Waals surface area contributed by atoms with Crippen molar-refractivity contribution in [2.75, 3.05) is 11.9 Å². The molecular weight excluding hydrogens is 262 g/mol. The fraction of sp³-hybridized carbons (Fsp3) is 0.231. The topological polar surface area (TPSA) is 78.0 Å². The van der Waals surface area contributed by atoms with Crippen LogP contribution in [0.5, 0.6) is 0 Å². The number of carbonyl (C=O) groups is 1. The molecule has 0 unspecified atom stereocenters. The van der Waals surface area contributed by atoms with Gasteiger partial charge >= 0.3 is 0 Å². The number of nitrogens with zero attached hydrogens (tertiary/aromatic N) is 1. The normalized spacial score (nSPS) is 9.79. The summed E-state index contributed by atoms with van der Waals surface area (Å²) in [6, 6.07) is 1.80. The van der Waals surface area contributed by atoms with Gasteiger partial charge in [-0.05, 0) is 18.6 Å². The molecular formula is C13H13N3O2S. The number of nitrogens with one attached hydrogen (secondary N) is 2. The number of hydrogen-bond acceptors (Lipinski definition) is 4. The van der Waals surface area contributed by atoms with E-state index in [4.69, 9.17) is 5.11 Å². The molecule has 0 aliphatic rings.